The van der Waals surface area contributed by atoms with Crippen molar-refractivity contribution in [1.29, 1.82) is 0 Å². The molecule has 2 aliphatic carbocycles. The second-order valence-corrected chi connectivity index (χ2v) is 12.0. The molecule has 0 spiro atoms. The normalized spacial score (nSPS) is 20.2. The van der Waals surface area contributed by atoms with Crippen LogP contribution < -0.4 is 4.74 Å². The summed E-state index contributed by atoms with van der Waals surface area (Å²) in [5.74, 6) is 1.42. The van der Waals surface area contributed by atoms with Crippen molar-refractivity contribution < 1.29 is 9.15 Å². The fourth-order valence-corrected chi connectivity index (χ4v) is 7.14. The molecule has 0 saturated carbocycles. The van der Waals surface area contributed by atoms with Crippen molar-refractivity contribution in [2.45, 2.75) is 24.4 Å². The maximum Gasteiger partial charge on any atom is 0.139 e. The zero-order chi connectivity index (χ0) is 29.0. The fraction of sp³-hybridized carbons (Fsp3) is 0.0952. The first-order chi connectivity index (χ1) is 21.8. The van der Waals surface area contributed by atoms with Gasteiger partial charge < -0.3 is 9.15 Å². The Morgan fingerprint density at radius 3 is 2.27 bits per heavy atom. The number of hydrogen-bond donors (Lipinski definition) is 0. The minimum absolute atomic E-state index is 0.0235. The van der Waals surface area contributed by atoms with Gasteiger partial charge in [-0.05, 0) is 75.7 Å². The second-order valence-electron chi connectivity index (χ2n) is 12.0. The Hall–Kier alpha value is -5.34. The molecule has 0 saturated heterocycles. The molecule has 5 aromatic carbocycles. The Bertz CT molecular complexity index is 2180. The lowest BCUT2D eigenvalue weighted by atomic mass is 9.85. The van der Waals surface area contributed by atoms with Gasteiger partial charge >= 0.3 is 0 Å². The first-order valence-electron chi connectivity index (χ1n) is 15.4. The molecule has 9 rings (SSSR count). The molecule has 2 heterocycles. The van der Waals surface area contributed by atoms with Crippen LogP contribution in [0.2, 0.25) is 0 Å². The highest BCUT2D eigenvalue weighted by Gasteiger charge is 2.36. The molecular weight excluding hydrogens is 536 g/mol. The van der Waals surface area contributed by atoms with Gasteiger partial charge in [0.15, 0.2) is 0 Å². The molecule has 3 aliphatic rings. The summed E-state index contributed by atoms with van der Waals surface area (Å²) < 4.78 is 13.1. The van der Waals surface area contributed by atoms with Crippen molar-refractivity contribution in [2.24, 2.45) is 0 Å². The maximum atomic E-state index is 6.71. The first-order valence-corrected chi connectivity index (χ1v) is 15.4. The molecule has 0 N–H and O–H groups in total. The van der Waals surface area contributed by atoms with Crippen LogP contribution in [0.3, 0.4) is 0 Å². The van der Waals surface area contributed by atoms with E-state index in [9.17, 15) is 0 Å². The first kappa shape index (κ1) is 25.2. The molecule has 0 radical (unpaired) electrons. The van der Waals surface area contributed by atoms with Crippen LogP contribution in [0.5, 0.6) is 5.75 Å². The lowest BCUT2D eigenvalue weighted by Gasteiger charge is -2.19. The molecule has 6 aromatic rings. The summed E-state index contributed by atoms with van der Waals surface area (Å²) in [5.41, 5.74) is 11.9. The van der Waals surface area contributed by atoms with Gasteiger partial charge in [0.25, 0.3) is 0 Å². The zero-order valence-electron chi connectivity index (χ0n) is 24.2. The number of allylic oxidation sites excluding steroid dienone is 6. The Balaban J connectivity index is 1.08. The van der Waals surface area contributed by atoms with E-state index in [-0.39, 0.29) is 12.0 Å². The van der Waals surface area contributed by atoms with E-state index >= 15 is 0 Å². The second kappa shape index (κ2) is 10.1. The molecule has 2 nitrogen and oxygen atoms in total. The van der Waals surface area contributed by atoms with E-state index in [1.807, 2.05) is 0 Å². The van der Waals surface area contributed by atoms with Crippen LogP contribution in [-0.2, 0) is 0 Å². The fourth-order valence-electron chi connectivity index (χ4n) is 7.14. The van der Waals surface area contributed by atoms with E-state index in [0.717, 1.165) is 34.1 Å². The van der Waals surface area contributed by atoms with Crippen LogP contribution >= 0.6 is 0 Å². The van der Waals surface area contributed by atoms with Crippen molar-refractivity contribution in [3.63, 3.8) is 0 Å². The highest BCUT2D eigenvalue weighted by Crippen LogP contribution is 2.50. The highest BCUT2D eigenvalue weighted by molar-refractivity contribution is 6.09. The Morgan fingerprint density at radius 1 is 0.636 bits per heavy atom. The van der Waals surface area contributed by atoms with Gasteiger partial charge in [0.05, 0.1) is 5.39 Å². The topological polar surface area (TPSA) is 22.4 Å². The van der Waals surface area contributed by atoms with Gasteiger partial charge in [-0.15, -0.1) is 0 Å². The van der Waals surface area contributed by atoms with E-state index in [4.69, 9.17) is 9.15 Å². The van der Waals surface area contributed by atoms with E-state index in [1.54, 1.807) is 0 Å². The van der Waals surface area contributed by atoms with Gasteiger partial charge in [-0.3, -0.25) is 0 Å². The minimum atomic E-state index is -0.0235. The molecule has 3 unspecified atom stereocenters. The SMILES string of the molecule is C1=CC(c2ccc3oc4ccc5c(c4c3c2)OC2C=CC(c3cccc(-c4ccccc4)c3)=CC52)CC(c2ccccc2)=C1. The molecule has 210 valence electrons. The average Bonchev–Trinajstić information content (AvgIpc) is 3.66. The standard InChI is InChI=1S/C42H30O2/c1-3-9-27(10-4-1)29-13-7-15-31(23-29)33-17-20-38-36(25-33)35-19-22-40-41(42(35)44-38)37-26-34(18-21-39(37)43-40)32-16-8-14-30(24-32)28-11-5-2-6-12-28/h1-23,25-26,32,36,38H,24H2. The highest BCUT2D eigenvalue weighted by atomic mass is 16.5. The maximum absolute atomic E-state index is 6.71. The molecule has 3 atom stereocenters. The summed E-state index contributed by atoms with van der Waals surface area (Å²) in [6.07, 6.45) is 14.5. The number of benzene rings is 5. The monoisotopic (exact) mass is 566 g/mol. The lowest BCUT2D eigenvalue weighted by Crippen LogP contribution is -2.17. The van der Waals surface area contributed by atoms with Gasteiger partial charge in [0, 0.05) is 22.8 Å². The average molecular weight is 567 g/mol. The van der Waals surface area contributed by atoms with Crippen LogP contribution in [0, 0.1) is 0 Å². The summed E-state index contributed by atoms with van der Waals surface area (Å²) in [6, 6.07) is 41.1. The third kappa shape index (κ3) is 4.18. The number of hydrogen-bond acceptors (Lipinski definition) is 2. The van der Waals surface area contributed by atoms with Crippen molar-refractivity contribution in [1.82, 2.24) is 0 Å². The number of ether oxygens (including phenoxy) is 1. The smallest absolute Gasteiger partial charge is 0.139 e. The Kier molecular flexibility index (Phi) is 5.80. The van der Waals surface area contributed by atoms with Crippen LogP contribution in [0.15, 0.2) is 156 Å². The third-order valence-electron chi connectivity index (χ3n) is 9.39. The number of furan rings is 1. The number of rotatable bonds is 4. The quantitative estimate of drug-likeness (QED) is 0.212. The molecule has 0 amide bonds. The van der Waals surface area contributed by atoms with Crippen LogP contribution in [0.4, 0.5) is 0 Å². The lowest BCUT2D eigenvalue weighted by molar-refractivity contribution is 0.272. The Morgan fingerprint density at radius 2 is 1.41 bits per heavy atom. The molecular formula is C42H30O2. The van der Waals surface area contributed by atoms with Gasteiger partial charge in [-0.25, -0.2) is 0 Å². The molecule has 44 heavy (non-hydrogen) atoms. The van der Waals surface area contributed by atoms with Crippen LogP contribution in [-0.4, -0.2) is 6.10 Å². The van der Waals surface area contributed by atoms with Crippen molar-refractivity contribution in [3.05, 3.63) is 174 Å². The summed E-state index contributed by atoms with van der Waals surface area (Å²) in [4.78, 5) is 0. The van der Waals surface area contributed by atoms with Gasteiger partial charge in [0.1, 0.15) is 23.0 Å². The molecule has 0 bridgehead atoms. The third-order valence-corrected chi connectivity index (χ3v) is 9.39. The van der Waals surface area contributed by atoms with Gasteiger partial charge in [0.2, 0.25) is 0 Å². The molecule has 2 heteroatoms. The summed E-state index contributed by atoms with van der Waals surface area (Å²) >= 11 is 0. The van der Waals surface area contributed by atoms with E-state index in [0.29, 0.717) is 5.92 Å². The van der Waals surface area contributed by atoms with Crippen LogP contribution in [0.25, 0.3) is 44.2 Å². The van der Waals surface area contributed by atoms with E-state index in [2.05, 4.69) is 152 Å². The van der Waals surface area contributed by atoms with Gasteiger partial charge in [-0.2, -0.15) is 0 Å². The van der Waals surface area contributed by atoms with Crippen molar-refractivity contribution in [3.8, 4) is 16.9 Å². The predicted molar refractivity (Wildman–Crippen MR) is 181 cm³/mol. The summed E-state index contributed by atoms with van der Waals surface area (Å²) in [6.45, 7) is 0. The largest absolute Gasteiger partial charge is 0.484 e. The molecule has 1 aromatic heterocycles. The zero-order valence-corrected chi connectivity index (χ0v) is 24.2. The van der Waals surface area contributed by atoms with Crippen LogP contribution in [0.1, 0.15) is 40.5 Å². The van der Waals surface area contributed by atoms with E-state index in [1.165, 1.54) is 44.5 Å². The summed E-state index contributed by atoms with van der Waals surface area (Å²) in [5, 5.41) is 2.21. The van der Waals surface area contributed by atoms with Crippen molar-refractivity contribution in [2.75, 3.05) is 0 Å². The summed E-state index contributed by atoms with van der Waals surface area (Å²) in [7, 11) is 0. The van der Waals surface area contributed by atoms with Crippen molar-refractivity contribution >= 4 is 33.1 Å². The molecule has 1 aliphatic heterocycles. The number of fused-ring (bicyclic) bond motifs is 7. The van der Waals surface area contributed by atoms with E-state index < -0.39 is 0 Å². The van der Waals surface area contributed by atoms with Gasteiger partial charge in [-0.1, -0.05) is 121 Å². The Labute approximate surface area is 256 Å². The predicted octanol–water partition coefficient (Wildman–Crippen LogP) is 10.9. The molecule has 0 fully saturated rings. The minimum Gasteiger partial charge on any atom is -0.484 e.